The smallest absolute Gasteiger partial charge is 0.240 e. The van der Waals surface area contributed by atoms with Gasteiger partial charge in [0.15, 0.2) is 0 Å². The van der Waals surface area contributed by atoms with Gasteiger partial charge in [-0.2, -0.15) is 5.26 Å². The molecule has 0 aliphatic rings. The molecule has 0 saturated heterocycles. The number of imidazole rings is 1. The molecule has 104 valence electrons. The third kappa shape index (κ3) is 3.20. The van der Waals surface area contributed by atoms with Gasteiger partial charge in [0.25, 0.3) is 0 Å². The molecule has 0 saturated carbocycles. The Kier molecular flexibility index (Phi) is 4.12. The first kappa shape index (κ1) is 14.2. The van der Waals surface area contributed by atoms with Gasteiger partial charge in [-0.25, -0.2) is 22.5 Å². The lowest BCUT2D eigenvalue weighted by Gasteiger charge is -2.06. The minimum atomic E-state index is -3.77. The van der Waals surface area contributed by atoms with E-state index in [0.29, 0.717) is 12.2 Å². The van der Waals surface area contributed by atoms with Crippen molar-refractivity contribution < 1.29 is 12.8 Å². The number of nitrogens with one attached hydrogen (secondary N) is 2. The lowest BCUT2D eigenvalue weighted by molar-refractivity contribution is 0.580. The van der Waals surface area contributed by atoms with Crippen LogP contribution in [0.5, 0.6) is 0 Å². The van der Waals surface area contributed by atoms with Gasteiger partial charge >= 0.3 is 0 Å². The number of aromatic amines is 1. The fourth-order valence-electron chi connectivity index (χ4n) is 1.58. The summed E-state index contributed by atoms with van der Waals surface area (Å²) in [7, 11) is -3.77. The molecule has 2 aromatic rings. The van der Waals surface area contributed by atoms with Crippen molar-refractivity contribution in [1.82, 2.24) is 14.7 Å². The van der Waals surface area contributed by atoms with Crippen molar-refractivity contribution in [2.24, 2.45) is 0 Å². The van der Waals surface area contributed by atoms with E-state index in [2.05, 4.69) is 14.7 Å². The van der Waals surface area contributed by atoms with Crippen molar-refractivity contribution in [2.75, 3.05) is 6.54 Å². The summed E-state index contributed by atoms with van der Waals surface area (Å²) in [6.45, 7) is 0.148. The van der Waals surface area contributed by atoms with Crippen LogP contribution in [0.1, 0.15) is 11.4 Å². The minimum absolute atomic E-state index is 0.144. The standard InChI is InChI=1S/C12H11FN4O2S/c13-11-2-1-10(7-9(11)8-14)20(18,19)17-4-3-12-15-5-6-16-12/h1-2,5-7,17H,3-4H2,(H,15,16). The Morgan fingerprint density at radius 3 is 2.90 bits per heavy atom. The largest absolute Gasteiger partial charge is 0.349 e. The van der Waals surface area contributed by atoms with Crippen LogP contribution in [0.4, 0.5) is 4.39 Å². The second-order valence-electron chi connectivity index (χ2n) is 3.94. The molecule has 20 heavy (non-hydrogen) atoms. The highest BCUT2D eigenvalue weighted by molar-refractivity contribution is 7.89. The first-order valence-corrected chi connectivity index (χ1v) is 7.19. The van der Waals surface area contributed by atoms with E-state index in [0.717, 1.165) is 18.2 Å². The maximum Gasteiger partial charge on any atom is 0.240 e. The number of hydrogen-bond acceptors (Lipinski definition) is 4. The third-order valence-electron chi connectivity index (χ3n) is 2.58. The number of halogens is 1. The molecule has 0 radical (unpaired) electrons. The number of H-pyrrole nitrogens is 1. The van der Waals surface area contributed by atoms with Crippen molar-refractivity contribution in [3.63, 3.8) is 0 Å². The average molecular weight is 294 g/mol. The number of rotatable bonds is 5. The third-order valence-corrected chi connectivity index (χ3v) is 4.04. The maximum absolute atomic E-state index is 13.1. The number of aromatic nitrogens is 2. The normalized spacial score (nSPS) is 11.2. The van der Waals surface area contributed by atoms with Crippen LogP contribution < -0.4 is 4.72 Å². The van der Waals surface area contributed by atoms with Gasteiger partial charge < -0.3 is 4.98 Å². The van der Waals surface area contributed by atoms with Crippen LogP contribution in [0, 0.1) is 17.1 Å². The molecule has 2 N–H and O–H groups in total. The van der Waals surface area contributed by atoms with Crippen molar-refractivity contribution in [3.8, 4) is 6.07 Å². The zero-order chi connectivity index (χ0) is 14.6. The van der Waals surface area contributed by atoms with Gasteiger partial charge in [0.05, 0.1) is 10.5 Å². The molecule has 0 fully saturated rings. The van der Waals surface area contributed by atoms with Gasteiger partial charge in [0, 0.05) is 25.4 Å². The van der Waals surface area contributed by atoms with Crippen molar-refractivity contribution >= 4 is 10.0 Å². The Labute approximate surface area is 115 Å². The lowest BCUT2D eigenvalue weighted by atomic mass is 10.2. The van der Waals surface area contributed by atoms with Gasteiger partial charge in [-0.05, 0) is 18.2 Å². The molecule has 2 rings (SSSR count). The molecule has 1 aromatic carbocycles. The van der Waals surface area contributed by atoms with Crippen molar-refractivity contribution in [1.29, 1.82) is 5.26 Å². The van der Waals surface area contributed by atoms with Gasteiger partial charge in [-0.3, -0.25) is 0 Å². The topological polar surface area (TPSA) is 98.6 Å². The summed E-state index contributed by atoms with van der Waals surface area (Å²) in [5, 5.41) is 8.69. The summed E-state index contributed by atoms with van der Waals surface area (Å²) in [6, 6.07) is 4.68. The Hall–Kier alpha value is -2.24. The number of benzene rings is 1. The van der Waals surface area contributed by atoms with E-state index in [4.69, 9.17) is 5.26 Å². The molecule has 0 atom stereocenters. The van der Waals surface area contributed by atoms with Crippen molar-refractivity contribution in [2.45, 2.75) is 11.3 Å². The fraction of sp³-hybridized carbons (Fsp3) is 0.167. The number of hydrogen-bond donors (Lipinski definition) is 2. The molecule has 0 bridgehead atoms. The van der Waals surface area contributed by atoms with E-state index >= 15 is 0 Å². The lowest BCUT2D eigenvalue weighted by Crippen LogP contribution is -2.26. The molecule has 0 spiro atoms. The highest BCUT2D eigenvalue weighted by Crippen LogP contribution is 2.14. The zero-order valence-corrected chi connectivity index (χ0v) is 11.1. The average Bonchev–Trinajstić information content (AvgIpc) is 2.92. The Bertz CT molecular complexity index is 735. The molecule has 0 aliphatic carbocycles. The molecular weight excluding hydrogens is 283 g/mol. The van der Waals surface area contributed by atoms with E-state index in [1.54, 1.807) is 18.5 Å². The van der Waals surface area contributed by atoms with Crippen LogP contribution in [0.2, 0.25) is 0 Å². The molecule has 1 heterocycles. The van der Waals surface area contributed by atoms with Gasteiger partial charge in [-0.1, -0.05) is 0 Å². The van der Waals surface area contributed by atoms with E-state index in [1.165, 1.54) is 0 Å². The predicted octanol–water partition coefficient (Wildman–Crippen LogP) is 0.941. The molecule has 8 heteroatoms. The predicted molar refractivity (Wildman–Crippen MR) is 68.6 cm³/mol. The number of sulfonamides is 1. The molecule has 0 amide bonds. The number of nitriles is 1. The highest BCUT2D eigenvalue weighted by atomic mass is 32.2. The monoisotopic (exact) mass is 294 g/mol. The summed E-state index contributed by atoms with van der Waals surface area (Å²) in [4.78, 5) is 6.67. The number of nitrogens with zero attached hydrogens (tertiary/aromatic N) is 2. The van der Waals surface area contributed by atoms with Crippen molar-refractivity contribution in [3.05, 3.63) is 47.8 Å². The SMILES string of the molecule is N#Cc1cc(S(=O)(=O)NCCc2ncc[nH]2)ccc1F. The van der Waals surface area contributed by atoms with Gasteiger partial charge in [-0.15, -0.1) is 0 Å². The van der Waals surface area contributed by atoms with E-state index in [-0.39, 0.29) is 17.0 Å². The second kappa shape index (κ2) is 5.81. The van der Waals surface area contributed by atoms with E-state index < -0.39 is 15.8 Å². The quantitative estimate of drug-likeness (QED) is 0.857. The zero-order valence-electron chi connectivity index (χ0n) is 10.3. The van der Waals surface area contributed by atoms with Gasteiger partial charge in [0.1, 0.15) is 17.7 Å². The summed E-state index contributed by atoms with van der Waals surface area (Å²) < 4.78 is 39.4. The molecule has 1 aromatic heterocycles. The minimum Gasteiger partial charge on any atom is -0.349 e. The van der Waals surface area contributed by atoms with Crippen LogP contribution in [0.3, 0.4) is 0 Å². The fourth-order valence-corrected chi connectivity index (χ4v) is 2.64. The van der Waals surface area contributed by atoms with Crippen LogP contribution in [0.15, 0.2) is 35.5 Å². The second-order valence-corrected chi connectivity index (χ2v) is 5.70. The summed E-state index contributed by atoms with van der Waals surface area (Å²) in [6.07, 6.45) is 3.62. The molecular formula is C12H11FN4O2S. The van der Waals surface area contributed by atoms with Gasteiger partial charge in [0.2, 0.25) is 10.0 Å². The first-order valence-electron chi connectivity index (χ1n) is 5.70. The summed E-state index contributed by atoms with van der Waals surface area (Å²) >= 11 is 0. The van der Waals surface area contributed by atoms with E-state index in [9.17, 15) is 12.8 Å². The van der Waals surface area contributed by atoms with Crippen LogP contribution in [-0.2, 0) is 16.4 Å². The van der Waals surface area contributed by atoms with Crippen LogP contribution in [0.25, 0.3) is 0 Å². The first-order chi connectivity index (χ1) is 9.53. The Morgan fingerprint density at radius 2 is 2.25 bits per heavy atom. The van der Waals surface area contributed by atoms with E-state index in [1.807, 2.05) is 0 Å². The molecule has 0 unspecified atom stereocenters. The van der Waals surface area contributed by atoms with Crippen LogP contribution in [-0.4, -0.2) is 24.9 Å². The maximum atomic E-state index is 13.1. The summed E-state index contributed by atoms with van der Waals surface area (Å²) in [5.74, 6) is -0.0912. The highest BCUT2D eigenvalue weighted by Gasteiger charge is 2.15. The Balaban J connectivity index is 2.08. The molecule has 6 nitrogen and oxygen atoms in total. The molecule has 0 aliphatic heterocycles. The Morgan fingerprint density at radius 1 is 1.45 bits per heavy atom. The van der Waals surface area contributed by atoms with Crippen LogP contribution >= 0.6 is 0 Å². The summed E-state index contributed by atoms with van der Waals surface area (Å²) in [5.41, 5.74) is -0.307.